The molecule has 0 aliphatic heterocycles. The highest BCUT2D eigenvalue weighted by atomic mass is 79.9. The molecule has 84 valence electrons. The van der Waals surface area contributed by atoms with Crippen LogP contribution in [0.5, 0.6) is 0 Å². The summed E-state index contributed by atoms with van der Waals surface area (Å²) in [6, 6.07) is 8.66. The van der Waals surface area contributed by atoms with Gasteiger partial charge < -0.3 is 0 Å². The van der Waals surface area contributed by atoms with E-state index in [1.165, 1.54) is 23.3 Å². The van der Waals surface area contributed by atoms with Crippen LogP contribution < -0.4 is 0 Å². The Kier molecular flexibility index (Phi) is 6.42. The minimum Gasteiger partial charge on any atom is -0.157 e. The van der Waals surface area contributed by atoms with Crippen molar-refractivity contribution < 1.29 is 0 Å². The zero-order valence-corrected chi connectivity index (χ0v) is 11.9. The van der Waals surface area contributed by atoms with Crippen molar-refractivity contribution in [2.75, 3.05) is 11.1 Å². The lowest BCUT2D eigenvalue weighted by atomic mass is 10.1. The van der Waals surface area contributed by atoms with Crippen molar-refractivity contribution in [3.8, 4) is 0 Å². The minimum absolute atomic E-state index is 0.819. The summed E-state index contributed by atoms with van der Waals surface area (Å²) in [6.45, 7) is 4.46. The standard InChI is InChI=1S/C13H19BrS/c1-3-12(8-14)9-15-10-13-7-5-4-6-11(13)2/h4-7,12H,3,8-10H2,1-2H3. The van der Waals surface area contributed by atoms with Crippen LogP contribution in [-0.4, -0.2) is 11.1 Å². The summed E-state index contributed by atoms with van der Waals surface area (Å²) in [5, 5.41) is 1.13. The zero-order valence-electron chi connectivity index (χ0n) is 9.50. The number of aryl methyl sites for hydroxylation is 1. The topological polar surface area (TPSA) is 0 Å². The number of hydrogen-bond acceptors (Lipinski definition) is 1. The molecule has 0 spiro atoms. The summed E-state index contributed by atoms with van der Waals surface area (Å²) < 4.78 is 0. The van der Waals surface area contributed by atoms with Crippen LogP contribution in [0.4, 0.5) is 0 Å². The minimum atomic E-state index is 0.819. The highest BCUT2D eigenvalue weighted by Gasteiger charge is 2.04. The SMILES string of the molecule is CCC(CBr)CSCc1ccccc1C. The number of alkyl halides is 1. The van der Waals surface area contributed by atoms with Crippen LogP contribution in [0.1, 0.15) is 24.5 Å². The molecule has 0 saturated heterocycles. The van der Waals surface area contributed by atoms with E-state index >= 15 is 0 Å². The van der Waals surface area contributed by atoms with Crippen LogP contribution in [-0.2, 0) is 5.75 Å². The predicted molar refractivity (Wildman–Crippen MR) is 74.9 cm³/mol. The molecule has 0 heterocycles. The third kappa shape index (κ3) is 4.60. The fourth-order valence-corrected chi connectivity index (χ4v) is 3.72. The lowest BCUT2D eigenvalue weighted by Gasteiger charge is -2.11. The third-order valence-corrected chi connectivity index (χ3v) is 4.81. The molecule has 15 heavy (non-hydrogen) atoms. The van der Waals surface area contributed by atoms with Gasteiger partial charge in [0.2, 0.25) is 0 Å². The van der Waals surface area contributed by atoms with Crippen molar-refractivity contribution in [2.24, 2.45) is 5.92 Å². The van der Waals surface area contributed by atoms with Gasteiger partial charge >= 0.3 is 0 Å². The van der Waals surface area contributed by atoms with Gasteiger partial charge in [-0.05, 0) is 29.7 Å². The van der Waals surface area contributed by atoms with E-state index < -0.39 is 0 Å². The molecule has 0 bridgehead atoms. The molecule has 0 N–H and O–H groups in total. The Balaban J connectivity index is 2.34. The van der Waals surface area contributed by atoms with E-state index in [4.69, 9.17) is 0 Å². The van der Waals surface area contributed by atoms with Gasteiger partial charge in [-0.2, -0.15) is 11.8 Å². The summed E-state index contributed by atoms with van der Waals surface area (Å²) in [4.78, 5) is 0. The van der Waals surface area contributed by atoms with E-state index in [9.17, 15) is 0 Å². The van der Waals surface area contributed by atoms with Crippen LogP contribution in [0.15, 0.2) is 24.3 Å². The molecule has 0 saturated carbocycles. The Labute approximate surface area is 106 Å². The van der Waals surface area contributed by atoms with Gasteiger partial charge in [0, 0.05) is 11.1 Å². The van der Waals surface area contributed by atoms with Crippen molar-refractivity contribution in [3.63, 3.8) is 0 Å². The Morgan fingerprint density at radius 1 is 1.33 bits per heavy atom. The molecule has 1 aromatic rings. The number of halogens is 1. The van der Waals surface area contributed by atoms with E-state index in [0.717, 1.165) is 17.0 Å². The van der Waals surface area contributed by atoms with E-state index in [2.05, 4.69) is 54.0 Å². The van der Waals surface area contributed by atoms with Gasteiger partial charge in [0.1, 0.15) is 0 Å². The Morgan fingerprint density at radius 3 is 2.67 bits per heavy atom. The fraction of sp³-hybridized carbons (Fsp3) is 0.538. The third-order valence-electron chi connectivity index (χ3n) is 2.67. The quantitative estimate of drug-likeness (QED) is 0.686. The van der Waals surface area contributed by atoms with Gasteiger partial charge in [0.15, 0.2) is 0 Å². The monoisotopic (exact) mass is 286 g/mol. The van der Waals surface area contributed by atoms with Gasteiger partial charge in [-0.25, -0.2) is 0 Å². The summed E-state index contributed by atoms with van der Waals surface area (Å²) >= 11 is 5.61. The first-order chi connectivity index (χ1) is 7.27. The smallest absolute Gasteiger partial charge is 0.0187 e. The van der Waals surface area contributed by atoms with E-state index in [1.807, 2.05) is 11.8 Å². The van der Waals surface area contributed by atoms with Crippen molar-refractivity contribution in [3.05, 3.63) is 35.4 Å². The highest BCUT2D eigenvalue weighted by molar-refractivity contribution is 9.09. The van der Waals surface area contributed by atoms with Crippen molar-refractivity contribution in [1.82, 2.24) is 0 Å². The zero-order chi connectivity index (χ0) is 11.1. The molecular weight excluding hydrogens is 268 g/mol. The number of thioether (sulfide) groups is 1. The number of hydrogen-bond donors (Lipinski definition) is 0. The average molecular weight is 287 g/mol. The van der Waals surface area contributed by atoms with Gasteiger partial charge in [-0.3, -0.25) is 0 Å². The molecule has 1 atom stereocenters. The van der Waals surface area contributed by atoms with Crippen LogP contribution in [0, 0.1) is 12.8 Å². The molecule has 0 aromatic heterocycles. The summed E-state index contributed by atoms with van der Waals surface area (Å²) in [5.74, 6) is 3.23. The van der Waals surface area contributed by atoms with Gasteiger partial charge in [0.25, 0.3) is 0 Å². The molecule has 1 rings (SSSR count). The Hall–Kier alpha value is 0.0500. The first kappa shape index (κ1) is 13.1. The van der Waals surface area contributed by atoms with Crippen LogP contribution >= 0.6 is 27.7 Å². The molecule has 2 heteroatoms. The lowest BCUT2D eigenvalue weighted by molar-refractivity contribution is 0.652. The first-order valence-corrected chi connectivity index (χ1v) is 7.73. The number of benzene rings is 1. The Bertz CT molecular complexity index is 282. The average Bonchev–Trinajstić information content (AvgIpc) is 2.27. The molecule has 0 aliphatic rings. The predicted octanol–water partition coefficient (Wildman–Crippen LogP) is 4.65. The summed E-state index contributed by atoms with van der Waals surface area (Å²) in [6.07, 6.45) is 1.27. The maximum Gasteiger partial charge on any atom is 0.0187 e. The summed E-state index contributed by atoms with van der Waals surface area (Å²) in [5.41, 5.74) is 2.89. The second-order valence-electron chi connectivity index (χ2n) is 3.87. The van der Waals surface area contributed by atoms with Gasteiger partial charge in [-0.1, -0.05) is 53.5 Å². The fourth-order valence-electron chi connectivity index (χ4n) is 1.38. The van der Waals surface area contributed by atoms with Crippen LogP contribution in [0.25, 0.3) is 0 Å². The molecule has 0 fully saturated rings. The molecule has 1 unspecified atom stereocenters. The maximum absolute atomic E-state index is 3.56. The normalized spacial score (nSPS) is 12.7. The largest absolute Gasteiger partial charge is 0.157 e. The molecule has 0 aliphatic carbocycles. The molecular formula is C13H19BrS. The van der Waals surface area contributed by atoms with Crippen molar-refractivity contribution >= 4 is 27.7 Å². The van der Waals surface area contributed by atoms with Crippen LogP contribution in [0.3, 0.4) is 0 Å². The second kappa shape index (κ2) is 7.34. The van der Waals surface area contributed by atoms with Crippen molar-refractivity contribution in [2.45, 2.75) is 26.0 Å². The summed E-state index contributed by atoms with van der Waals surface area (Å²) in [7, 11) is 0. The maximum atomic E-state index is 3.56. The van der Waals surface area contributed by atoms with Crippen molar-refractivity contribution in [1.29, 1.82) is 0 Å². The Morgan fingerprint density at radius 2 is 2.07 bits per heavy atom. The lowest BCUT2D eigenvalue weighted by Crippen LogP contribution is -2.03. The van der Waals surface area contributed by atoms with E-state index in [0.29, 0.717) is 0 Å². The van der Waals surface area contributed by atoms with E-state index in [-0.39, 0.29) is 0 Å². The number of rotatable bonds is 6. The highest BCUT2D eigenvalue weighted by Crippen LogP contribution is 2.20. The van der Waals surface area contributed by atoms with Crippen LogP contribution in [0.2, 0.25) is 0 Å². The van der Waals surface area contributed by atoms with Gasteiger partial charge in [-0.15, -0.1) is 0 Å². The molecule has 1 aromatic carbocycles. The molecule has 0 radical (unpaired) electrons. The van der Waals surface area contributed by atoms with E-state index in [1.54, 1.807) is 0 Å². The molecule has 0 amide bonds. The molecule has 0 nitrogen and oxygen atoms in total. The second-order valence-corrected chi connectivity index (χ2v) is 5.55. The first-order valence-electron chi connectivity index (χ1n) is 5.46. The van der Waals surface area contributed by atoms with Gasteiger partial charge in [0.05, 0.1) is 0 Å².